The molecular weight excluding hydrogens is 398 g/mol. The average molecular weight is 430 g/mol. The molecule has 6 nitrogen and oxygen atoms in total. The SMILES string of the molecule is C[C@H](C(=O)Nc1cccc(S(=O)(=O)N(C)C)c1)N1CCC(Cc2ccccc2)CC1. The van der Waals surface area contributed by atoms with Gasteiger partial charge in [-0.25, -0.2) is 12.7 Å². The summed E-state index contributed by atoms with van der Waals surface area (Å²) >= 11 is 0. The van der Waals surface area contributed by atoms with Gasteiger partial charge in [0, 0.05) is 19.8 Å². The highest BCUT2D eigenvalue weighted by Gasteiger charge is 2.27. The van der Waals surface area contributed by atoms with Crippen LogP contribution in [0.1, 0.15) is 25.3 Å². The molecule has 1 fully saturated rings. The lowest BCUT2D eigenvalue weighted by Gasteiger charge is -2.35. The maximum absolute atomic E-state index is 12.8. The molecule has 0 aromatic heterocycles. The average Bonchev–Trinajstić information content (AvgIpc) is 2.74. The van der Waals surface area contributed by atoms with E-state index in [0.29, 0.717) is 11.6 Å². The van der Waals surface area contributed by atoms with Crippen LogP contribution in [0.2, 0.25) is 0 Å². The molecule has 1 saturated heterocycles. The molecule has 0 unspecified atom stereocenters. The molecule has 1 aliphatic rings. The van der Waals surface area contributed by atoms with Crippen molar-refractivity contribution in [1.29, 1.82) is 0 Å². The Morgan fingerprint density at radius 3 is 2.40 bits per heavy atom. The number of nitrogens with one attached hydrogen (secondary N) is 1. The van der Waals surface area contributed by atoms with E-state index < -0.39 is 10.0 Å². The van der Waals surface area contributed by atoms with E-state index in [2.05, 4.69) is 34.5 Å². The molecule has 0 radical (unpaired) electrons. The molecule has 1 atom stereocenters. The fraction of sp³-hybridized carbons (Fsp3) is 0.435. The fourth-order valence-electron chi connectivity index (χ4n) is 3.85. The molecule has 1 N–H and O–H groups in total. The number of nitrogens with zero attached hydrogens (tertiary/aromatic N) is 2. The molecule has 0 bridgehead atoms. The quantitative estimate of drug-likeness (QED) is 0.734. The number of carbonyl (C=O) groups excluding carboxylic acids is 1. The first-order chi connectivity index (χ1) is 14.3. The van der Waals surface area contributed by atoms with E-state index >= 15 is 0 Å². The van der Waals surface area contributed by atoms with Crippen molar-refractivity contribution in [1.82, 2.24) is 9.21 Å². The first-order valence-corrected chi connectivity index (χ1v) is 11.8. The van der Waals surface area contributed by atoms with Crippen LogP contribution in [-0.4, -0.2) is 56.8 Å². The van der Waals surface area contributed by atoms with E-state index in [9.17, 15) is 13.2 Å². The third kappa shape index (κ3) is 5.47. The van der Waals surface area contributed by atoms with Crippen LogP contribution in [0.15, 0.2) is 59.5 Å². The summed E-state index contributed by atoms with van der Waals surface area (Å²) in [6, 6.07) is 16.7. The molecule has 0 spiro atoms. The predicted molar refractivity (Wildman–Crippen MR) is 120 cm³/mol. The number of hydrogen-bond donors (Lipinski definition) is 1. The van der Waals surface area contributed by atoms with Crippen molar-refractivity contribution in [2.24, 2.45) is 5.92 Å². The number of carbonyl (C=O) groups is 1. The van der Waals surface area contributed by atoms with Gasteiger partial charge in [-0.05, 0) is 69.0 Å². The van der Waals surface area contributed by atoms with Crippen LogP contribution < -0.4 is 5.32 Å². The Hall–Kier alpha value is -2.22. The van der Waals surface area contributed by atoms with E-state index in [4.69, 9.17) is 0 Å². The number of likely N-dealkylation sites (tertiary alicyclic amines) is 1. The normalized spacial score (nSPS) is 17.1. The lowest BCUT2D eigenvalue weighted by Crippen LogP contribution is -2.46. The topological polar surface area (TPSA) is 69.7 Å². The Labute approximate surface area is 179 Å². The van der Waals surface area contributed by atoms with Gasteiger partial charge in [0.15, 0.2) is 0 Å². The Balaban J connectivity index is 1.55. The molecule has 0 aliphatic carbocycles. The highest BCUT2D eigenvalue weighted by atomic mass is 32.2. The van der Waals surface area contributed by atoms with Crippen molar-refractivity contribution in [3.63, 3.8) is 0 Å². The van der Waals surface area contributed by atoms with Crippen molar-refractivity contribution < 1.29 is 13.2 Å². The molecule has 2 aromatic rings. The number of piperidine rings is 1. The summed E-state index contributed by atoms with van der Waals surface area (Å²) in [5.41, 5.74) is 1.86. The van der Waals surface area contributed by atoms with E-state index in [1.807, 2.05) is 13.0 Å². The number of sulfonamides is 1. The minimum absolute atomic E-state index is 0.115. The van der Waals surface area contributed by atoms with E-state index in [-0.39, 0.29) is 16.8 Å². The number of anilines is 1. The minimum Gasteiger partial charge on any atom is -0.325 e. The van der Waals surface area contributed by atoms with Gasteiger partial charge in [-0.1, -0.05) is 36.4 Å². The van der Waals surface area contributed by atoms with Crippen LogP contribution >= 0.6 is 0 Å². The first kappa shape index (κ1) is 22.5. The Morgan fingerprint density at radius 2 is 1.77 bits per heavy atom. The summed E-state index contributed by atoms with van der Waals surface area (Å²) in [6.07, 6.45) is 3.23. The summed E-state index contributed by atoms with van der Waals surface area (Å²) in [5, 5.41) is 2.88. The highest BCUT2D eigenvalue weighted by molar-refractivity contribution is 7.89. The maximum atomic E-state index is 12.8. The molecule has 7 heteroatoms. The summed E-state index contributed by atoms with van der Waals surface area (Å²) in [6.45, 7) is 3.69. The second kappa shape index (κ2) is 9.73. The molecule has 30 heavy (non-hydrogen) atoms. The number of hydrogen-bond acceptors (Lipinski definition) is 4. The van der Waals surface area contributed by atoms with E-state index in [1.54, 1.807) is 12.1 Å². The zero-order chi connectivity index (χ0) is 21.7. The van der Waals surface area contributed by atoms with Gasteiger partial charge in [-0.15, -0.1) is 0 Å². The molecule has 3 rings (SSSR count). The minimum atomic E-state index is -3.54. The second-order valence-corrected chi connectivity index (χ2v) is 10.3. The Kier molecular flexibility index (Phi) is 7.28. The van der Waals surface area contributed by atoms with Crippen LogP contribution in [0.3, 0.4) is 0 Å². The standard InChI is InChI=1S/C23H31N3O3S/c1-18(26-14-12-20(13-15-26)16-19-8-5-4-6-9-19)23(27)24-21-10-7-11-22(17-21)30(28,29)25(2)3/h4-11,17-18,20H,12-16H2,1-3H3,(H,24,27)/t18-/m1/s1. The van der Waals surface area contributed by atoms with E-state index in [0.717, 1.165) is 36.7 Å². The van der Waals surface area contributed by atoms with Gasteiger partial charge in [-0.2, -0.15) is 0 Å². The lowest BCUT2D eigenvalue weighted by atomic mass is 9.89. The smallest absolute Gasteiger partial charge is 0.242 e. The third-order valence-corrected chi connectivity index (χ3v) is 7.63. The van der Waals surface area contributed by atoms with Crippen LogP contribution in [0.25, 0.3) is 0 Å². The van der Waals surface area contributed by atoms with Crippen molar-refractivity contribution >= 4 is 21.6 Å². The third-order valence-electron chi connectivity index (χ3n) is 5.82. The molecule has 1 amide bonds. The van der Waals surface area contributed by atoms with Crippen molar-refractivity contribution in [3.8, 4) is 0 Å². The molecule has 2 aromatic carbocycles. The maximum Gasteiger partial charge on any atom is 0.242 e. The van der Waals surface area contributed by atoms with Gasteiger partial charge >= 0.3 is 0 Å². The summed E-state index contributed by atoms with van der Waals surface area (Å²) < 4.78 is 25.8. The van der Waals surface area contributed by atoms with Crippen LogP contribution in [0.5, 0.6) is 0 Å². The van der Waals surface area contributed by atoms with Gasteiger partial charge < -0.3 is 5.32 Å². The van der Waals surface area contributed by atoms with Crippen LogP contribution in [0, 0.1) is 5.92 Å². The van der Waals surface area contributed by atoms with Gasteiger partial charge in [-0.3, -0.25) is 9.69 Å². The fourth-order valence-corrected chi connectivity index (χ4v) is 4.80. The van der Waals surface area contributed by atoms with Crippen molar-refractivity contribution in [3.05, 3.63) is 60.2 Å². The van der Waals surface area contributed by atoms with Gasteiger partial charge in [0.05, 0.1) is 10.9 Å². The van der Waals surface area contributed by atoms with E-state index in [1.165, 1.54) is 31.8 Å². The summed E-state index contributed by atoms with van der Waals surface area (Å²) in [7, 11) is -0.556. The summed E-state index contributed by atoms with van der Waals surface area (Å²) in [5.74, 6) is 0.530. The number of amides is 1. The first-order valence-electron chi connectivity index (χ1n) is 10.4. The molecular formula is C23H31N3O3S. The van der Waals surface area contributed by atoms with Crippen molar-refractivity contribution in [2.75, 3.05) is 32.5 Å². The molecule has 162 valence electrons. The molecule has 0 saturated carbocycles. The Bertz CT molecular complexity index is 953. The largest absolute Gasteiger partial charge is 0.325 e. The van der Waals surface area contributed by atoms with Gasteiger partial charge in [0.2, 0.25) is 15.9 Å². The number of rotatable bonds is 7. The Morgan fingerprint density at radius 1 is 1.10 bits per heavy atom. The zero-order valence-corrected chi connectivity index (χ0v) is 18.7. The predicted octanol–water partition coefficient (Wildman–Crippen LogP) is 3.22. The second-order valence-electron chi connectivity index (χ2n) is 8.15. The monoisotopic (exact) mass is 429 g/mol. The molecule has 1 heterocycles. The van der Waals surface area contributed by atoms with Crippen LogP contribution in [-0.2, 0) is 21.2 Å². The lowest BCUT2D eigenvalue weighted by molar-refractivity contribution is -0.121. The van der Waals surface area contributed by atoms with Crippen LogP contribution in [0.4, 0.5) is 5.69 Å². The molecule has 1 aliphatic heterocycles. The van der Waals surface area contributed by atoms with Gasteiger partial charge in [0.1, 0.15) is 0 Å². The zero-order valence-electron chi connectivity index (χ0n) is 17.9. The highest BCUT2D eigenvalue weighted by Crippen LogP contribution is 2.24. The van der Waals surface area contributed by atoms with Crippen molar-refractivity contribution in [2.45, 2.75) is 37.1 Å². The van der Waals surface area contributed by atoms with Gasteiger partial charge in [0.25, 0.3) is 0 Å². The number of benzene rings is 2. The summed E-state index contributed by atoms with van der Waals surface area (Å²) in [4.78, 5) is 15.1.